The Bertz CT molecular complexity index is 581. The minimum atomic E-state index is -4.34. The second kappa shape index (κ2) is 5.22. The van der Waals surface area contributed by atoms with Crippen molar-refractivity contribution in [2.45, 2.75) is 31.8 Å². The van der Waals surface area contributed by atoms with Gasteiger partial charge in [-0.3, -0.25) is 4.79 Å². The first-order valence-corrected chi connectivity index (χ1v) is 6.89. The second-order valence-electron chi connectivity index (χ2n) is 5.05. The quantitative estimate of drug-likeness (QED) is 0.862. The Morgan fingerprint density at radius 1 is 1.47 bits per heavy atom. The average Bonchev–Trinajstić information content (AvgIpc) is 2.24. The van der Waals surface area contributed by atoms with Crippen LogP contribution < -0.4 is 4.72 Å². The summed E-state index contributed by atoms with van der Waals surface area (Å²) in [6, 6.07) is 0.792. The second-order valence-corrected chi connectivity index (χ2v) is 6.68. The fourth-order valence-electron chi connectivity index (χ4n) is 1.38. The first-order chi connectivity index (χ1) is 8.55. The molecule has 0 spiro atoms. The van der Waals surface area contributed by atoms with Gasteiger partial charge < -0.3 is 5.11 Å². The molecule has 0 aliphatic carbocycles. The van der Waals surface area contributed by atoms with Gasteiger partial charge in [0.05, 0.1) is 0 Å². The van der Waals surface area contributed by atoms with Gasteiger partial charge in [-0.25, -0.2) is 17.8 Å². The number of hydrogen-bond acceptors (Lipinski definition) is 4. The molecule has 0 bridgehead atoms. The Morgan fingerprint density at radius 3 is 2.47 bits per heavy atom. The van der Waals surface area contributed by atoms with E-state index in [0.717, 1.165) is 12.3 Å². The molecule has 1 rings (SSSR count). The molecule has 0 radical (unpaired) electrons. The van der Waals surface area contributed by atoms with E-state index >= 15 is 0 Å². The van der Waals surface area contributed by atoms with Crippen LogP contribution in [0.15, 0.2) is 23.4 Å². The number of hydrogen-bond donors (Lipinski definition) is 2. The van der Waals surface area contributed by atoms with Crippen LogP contribution in [0.25, 0.3) is 0 Å². The summed E-state index contributed by atoms with van der Waals surface area (Å²) >= 11 is 0. The van der Waals surface area contributed by atoms with Crippen molar-refractivity contribution in [1.82, 2.24) is 9.71 Å². The number of carboxylic acids is 1. The molecule has 0 amide bonds. The molecule has 106 valence electrons. The van der Waals surface area contributed by atoms with Gasteiger partial charge in [-0.15, -0.1) is 0 Å². The molecule has 1 unspecified atom stereocenters. The first-order valence-electron chi connectivity index (χ1n) is 5.41. The number of carbonyl (C=O) groups is 1. The fourth-order valence-corrected chi connectivity index (χ4v) is 2.78. The van der Waals surface area contributed by atoms with Gasteiger partial charge in [0.2, 0.25) is 5.03 Å². The first kappa shape index (κ1) is 15.5. The lowest BCUT2D eigenvalue weighted by molar-refractivity contribution is -0.141. The molecular weight excluding hydrogens is 275 g/mol. The summed E-state index contributed by atoms with van der Waals surface area (Å²) in [5, 5.41) is 8.23. The molecule has 0 aliphatic heterocycles. The summed E-state index contributed by atoms with van der Waals surface area (Å²) < 4.78 is 39.2. The lowest BCUT2D eigenvalue weighted by atomic mass is 9.88. The largest absolute Gasteiger partial charge is 0.480 e. The Hall–Kier alpha value is -1.54. The third-order valence-electron chi connectivity index (χ3n) is 2.37. The predicted octanol–water partition coefficient (Wildman–Crippen LogP) is 0.998. The topological polar surface area (TPSA) is 96.4 Å². The van der Waals surface area contributed by atoms with Gasteiger partial charge in [-0.05, 0) is 17.5 Å². The molecule has 19 heavy (non-hydrogen) atoms. The van der Waals surface area contributed by atoms with Crippen molar-refractivity contribution < 1.29 is 22.7 Å². The molecule has 0 aliphatic rings. The van der Waals surface area contributed by atoms with Gasteiger partial charge in [0.1, 0.15) is 6.04 Å². The van der Waals surface area contributed by atoms with Gasteiger partial charge >= 0.3 is 5.97 Å². The number of nitrogens with one attached hydrogen (secondary N) is 1. The van der Waals surface area contributed by atoms with E-state index in [9.17, 15) is 17.6 Å². The summed E-state index contributed by atoms with van der Waals surface area (Å²) in [6.45, 7) is 4.68. The zero-order valence-corrected chi connectivity index (χ0v) is 11.5. The SMILES string of the molecule is CC(C)(C)C(NS(=O)(=O)c1ncccc1F)C(=O)O. The minimum absolute atomic E-state index is 0.814. The summed E-state index contributed by atoms with van der Waals surface area (Å²) in [5.74, 6) is -2.37. The molecule has 1 atom stereocenters. The number of halogens is 1. The van der Waals surface area contributed by atoms with E-state index < -0.39 is 38.3 Å². The number of aliphatic carboxylic acids is 1. The van der Waals surface area contributed by atoms with E-state index in [1.165, 1.54) is 6.07 Å². The van der Waals surface area contributed by atoms with Crippen molar-refractivity contribution in [2.75, 3.05) is 0 Å². The van der Waals surface area contributed by atoms with Crippen LogP contribution >= 0.6 is 0 Å². The Kier molecular flexibility index (Phi) is 4.26. The highest BCUT2D eigenvalue weighted by molar-refractivity contribution is 7.89. The number of nitrogens with zero attached hydrogens (tertiary/aromatic N) is 1. The zero-order chi connectivity index (χ0) is 14.8. The molecule has 6 nitrogen and oxygen atoms in total. The molecule has 0 saturated heterocycles. The van der Waals surface area contributed by atoms with Crippen molar-refractivity contribution in [1.29, 1.82) is 0 Å². The van der Waals surface area contributed by atoms with Crippen LogP contribution in [0.4, 0.5) is 4.39 Å². The van der Waals surface area contributed by atoms with E-state index in [2.05, 4.69) is 4.98 Å². The summed E-state index contributed by atoms with van der Waals surface area (Å²) in [5.41, 5.74) is -0.871. The Labute approximate surface area is 110 Å². The maximum atomic E-state index is 13.4. The van der Waals surface area contributed by atoms with Crippen LogP contribution in [0.2, 0.25) is 0 Å². The monoisotopic (exact) mass is 290 g/mol. The number of carboxylic acid groups (broad SMARTS) is 1. The molecule has 0 saturated carbocycles. The van der Waals surface area contributed by atoms with Gasteiger partial charge in [-0.1, -0.05) is 20.8 Å². The smallest absolute Gasteiger partial charge is 0.322 e. The van der Waals surface area contributed by atoms with E-state index in [4.69, 9.17) is 5.11 Å². The van der Waals surface area contributed by atoms with E-state index in [1.54, 1.807) is 20.8 Å². The van der Waals surface area contributed by atoms with Crippen molar-refractivity contribution in [3.8, 4) is 0 Å². The number of pyridine rings is 1. The van der Waals surface area contributed by atoms with E-state index in [0.29, 0.717) is 0 Å². The predicted molar refractivity (Wildman–Crippen MR) is 65.4 cm³/mol. The van der Waals surface area contributed by atoms with Crippen LogP contribution in [0.5, 0.6) is 0 Å². The summed E-state index contributed by atoms with van der Waals surface area (Å²) in [7, 11) is -4.34. The van der Waals surface area contributed by atoms with Gasteiger partial charge in [0.15, 0.2) is 5.82 Å². The lowest BCUT2D eigenvalue weighted by Gasteiger charge is -2.27. The third-order valence-corrected chi connectivity index (χ3v) is 3.72. The van der Waals surface area contributed by atoms with Crippen LogP contribution in [0.3, 0.4) is 0 Å². The highest BCUT2D eigenvalue weighted by Gasteiger charge is 2.36. The van der Waals surface area contributed by atoms with E-state index in [1.807, 2.05) is 4.72 Å². The molecular formula is C11H15FN2O4S. The fraction of sp³-hybridized carbons (Fsp3) is 0.455. The van der Waals surface area contributed by atoms with Crippen LogP contribution in [0, 0.1) is 11.2 Å². The van der Waals surface area contributed by atoms with Gasteiger partial charge in [0.25, 0.3) is 10.0 Å². The maximum absolute atomic E-state index is 13.4. The van der Waals surface area contributed by atoms with Crippen LogP contribution in [-0.2, 0) is 14.8 Å². The lowest BCUT2D eigenvalue weighted by Crippen LogP contribution is -2.49. The van der Waals surface area contributed by atoms with Crippen LogP contribution in [0.1, 0.15) is 20.8 Å². The maximum Gasteiger partial charge on any atom is 0.322 e. The Balaban J connectivity index is 3.16. The number of rotatable bonds is 4. The highest BCUT2D eigenvalue weighted by atomic mass is 32.2. The number of sulfonamides is 1. The molecule has 8 heteroatoms. The zero-order valence-electron chi connectivity index (χ0n) is 10.7. The molecule has 1 heterocycles. The van der Waals surface area contributed by atoms with Crippen LogP contribution in [-0.4, -0.2) is 30.5 Å². The minimum Gasteiger partial charge on any atom is -0.480 e. The van der Waals surface area contributed by atoms with Crippen molar-refractivity contribution in [3.63, 3.8) is 0 Å². The molecule has 1 aromatic rings. The summed E-state index contributed by atoms with van der Waals surface area (Å²) in [6.07, 6.45) is 1.12. The normalized spacial score (nSPS) is 14.1. The van der Waals surface area contributed by atoms with E-state index in [-0.39, 0.29) is 0 Å². The molecule has 1 aromatic heterocycles. The standard InChI is InChI=1S/C11H15FN2O4S/c1-11(2,3)8(10(15)16)14-19(17,18)9-7(12)5-4-6-13-9/h4-6,8,14H,1-3H3,(H,15,16). The number of aromatic nitrogens is 1. The molecule has 0 aromatic carbocycles. The van der Waals surface area contributed by atoms with Crippen molar-refractivity contribution in [2.24, 2.45) is 5.41 Å². The van der Waals surface area contributed by atoms with Gasteiger partial charge in [0, 0.05) is 6.20 Å². The van der Waals surface area contributed by atoms with Gasteiger partial charge in [-0.2, -0.15) is 4.72 Å². The van der Waals surface area contributed by atoms with Crippen molar-refractivity contribution >= 4 is 16.0 Å². The average molecular weight is 290 g/mol. The molecule has 0 fully saturated rings. The summed E-state index contributed by atoms with van der Waals surface area (Å²) in [4.78, 5) is 14.5. The Morgan fingerprint density at radius 2 is 2.05 bits per heavy atom. The third kappa shape index (κ3) is 3.71. The van der Waals surface area contributed by atoms with Crippen molar-refractivity contribution in [3.05, 3.63) is 24.1 Å². The highest BCUT2D eigenvalue weighted by Crippen LogP contribution is 2.22. The molecule has 2 N–H and O–H groups in total.